The van der Waals surface area contributed by atoms with Gasteiger partial charge in [0.05, 0.1) is 25.3 Å². The maximum Gasteiger partial charge on any atom is 0.350 e. The Kier molecular flexibility index (Phi) is 6.92. The molecule has 5 nitrogen and oxygen atoms in total. The lowest BCUT2D eigenvalue weighted by atomic mass is 9.94. The van der Waals surface area contributed by atoms with Gasteiger partial charge in [0.25, 0.3) is 0 Å². The molecule has 0 saturated heterocycles. The van der Waals surface area contributed by atoms with Crippen molar-refractivity contribution < 1.29 is 19.1 Å². The van der Waals surface area contributed by atoms with Crippen molar-refractivity contribution in [3.05, 3.63) is 34.5 Å². The summed E-state index contributed by atoms with van der Waals surface area (Å²) in [5.74, 6) is -0.0700. The van der Waals surface area contributed by atoms with E-state index in [4.69, 9.17) is 32.7 Å². The number of ether oxygens (including phenoxy) is 2. The molecule has 0 atom stereocenters. The quantitative estimate of drug-likeness (QED) is 0.528. The number of carbonyl (C=O) groups excluding carboxylic acids is 2. The molecule has 0 fully saturated rings. The summed E-state index contributed by atoms with van der Waals surface area (Å²) in [6.07, 6.45) is 0. The molecule has 1 amide bonds. The first-order valence-corrected chi connectivity index (χ1v) is 9.62. The Balaban J connectivity index is 2.48. The van der Waals surface area contributed by atoms with E-state index in [-0.39, 0.29) is 17.7 Å². The van der Waals surface area contributed by atoms with Crippen molar-refractivity contribution in [2.45, 2.75) is 6.92 Å². The molecular weight excluding hydrogens is 397 g/mol. The van der Waals surface area contributed by atoms with Gasteiger partial charge in [-0.2, -0.15) is 0 Å². The fraction of sp³-hybridized carbons (Fsp3) is 0.333. The van der Waals surface area contributed by atoms with E-state index in [0.717, 1.165) is 5.56 Å². The third-order valence-corrected chi connectivity index (χ3v) is 6.08. The Morgan fingerprint density at radius 1 is 1.15 bits per heavy atom. The molecule has 0 bridgehead atoms. The average molecular weight is 416 g/mol. The Hall–Kier alpha value is -1.76. The lowest BCUT2D eigenvalue weighted by Crippen LogP contribution is -2.37. The van der Waals surface area contributed by atoms with E-state index in [9.17, 15) is 9.59 Å². The highest BCUT2D eigenvalue weighted by atomic mass is 35.5. The minimum absolute atomic E-state index is 0.0535. The first-order chi connectivity index (χ1) is 12.4. The molecule has 1 aromatic carbocycles. The van der Waals surface area contributed by atoms with Crippen LogP contribution < -0.4 is 10.1 Å². The van der Waals surface area contributed by atoms with Gasteiger partial charge >= 0.3 is 5.97 Å². The van der Waals surface area contributed by atoms with E-state index >= 15 is 0 Å². The van der Waals surface area contributed by atoms with Crippen molar-refractivity contribution in [3.63, 3.8) is 0 Å². The van der Waals surface area contributed by atoms with Crippen molar-refractivity contribution in [2.24, 2.45) is 5.41 Å². The monoisotopic (exact) mass is 415 g/mol. The molecule has 0 unspecified atom stereocenters. The summed E-state index contributed by atoms with van der Waals surface area (Å²) in [5.41, 5.74) is 0.956. The van der Waals surface area contributed by atoms with Gasteiger partial charge in [-0.1, -0.05) is 12.1 Å². The van der Waals surface area contributed by atoms with Gasteiger partial charge < -0.3 is 14.8 Å². The normalized spacial score (nSPS) is 11.1. The number of anilines is 1. The molecule has 0 spiro atoms. The van der Waals surface area contributed by atoms with Crippen LogP contribution in [0.3, 0.4) is 0 Å². The van der Waals surface area contributed by atoms with Gasteiger partial charge in [0.2, 0.25) is 5.91 Å². The number of benzene rings is 1. The molecule has 1 N–H and O–H groups in total. The van der Waals surface area contributed by atoms with Crippen LogP contribution in [0.4, 0.5) is 5.69 Å². The molecule has 2 aromatic rings. The minimum atomic E-state index is -0.963. The van der Waals surface area contributed by atoms with Crippen LogP contribution in [0.5, 0.6) is 5.75 Å². The van der Waals surface area contributed by atoms with Crippen LogP contribution in [0.25, 0.3) is 11.1 Å². The Morgan fingerprint density at radius 2 is 1.77 bits per heavy atom. The van der Waals surface area contributed by atoms with Gasteiger partial charge in [0.15, 0.2) is 0 Å². The largest absolute Gasteiger partial charge is 0.497 e. The minimum Gasteiger partial charge on any atom is -0.497 e. The molecule has 1 heterocycles. The van der Waals surface area contributed by atoms with Crippen molar-refractivity contribution >= 4 is 52.1 Å². The van der Waals surface area contributed by atoms with Crippen LogP contribution in [0.15, 0.2) is 29.6 Å². The zero-order chi connectivity index (χ0) is 19.3. The lowest BCUT2D eigenvalue weighted by Gasteiger charge is -2.23. The molecule has 140 valence electrons. The van der Waals surface area contributed by atoms with Crippen LogP contribution in [-0.4, -0.2) is 37.9 Å². The van der Waals surface area contributed by atoms with Crippen molar-refractivity contribution in [1.82, 2.24) is 0 Å². The first kappa shape index (κ1) is 20.6. The van der Waals surface area contributed by atoms with E-state index in [2.05, 4.69) is 5.32 Å². The number of carbonyl (C=O) groups is 2. The second-order valence-corrected chi connectivity index (χ2v) is 7.27. The molecule has 0 aliphatic heterocycles. The van der Waals surface area contributed by atoms with E-state index < -0.39 is 11.4 Å². The standard InChI is InChI=1S/C18H19Cl2NO4S/c1-18(9-19,10-20)17(23)21-14-13(8-26-15(14)16(22)25-3)11-4-6-12(24-2)7-5-11/h4-8H,9-10H2,1-3H3,(H,21,23). The number of methoxy groups -OCH3 is 2. The number of hydrogen-bond donors (Lipinski definition) is 1. The molecule has 2 rings (SSSR count). The number of amides is 1. The smallest absolute Gasteiger partial charge is 0.350 e. The fourth-order valence-corrected chi connectivity index (χ4v) is 3.61. The van der Waals surface area contributed by atoms with Crippen LogP contribution in [0.2, 0.25) is 0 Å². The predicted molar refractivity (Wildman–Crippen MR) is 106 cm³/mol. The molecular formula is C18H19Cl2NO4S. The van der Waals surface area contributed by atoms with E-state index in [1.807, 2.05) is 12.1 Å². The Morgan fingerprint density at radius 3 is 2.27 bits per heavy atom. The number of nitrogens with one attached hydrogen (secondary N) is 1. The fourth-order valence-electron chi connectivity index (χ4n) is 2.13. The van der Waals surface area contributed by atoms with Gasteiger partial charge in [-0.15, -0.1) is 34.5 Å². The highest BCUT2D eigenvalue weighted by Gasteiger charge is 2.33. The zero-order valence-corrected chi connectivity index (χ0v) is 16.9. The number of thiophene rings is 1. The van der Waals surface area contributed by atoms with Crippen molar-refractivity contribution in [3.8, 4) is 16.9 Å². The molecule has 0 radical (unpaired) electrons. The Bertz CT molecular complexity index is 785. The maximum absolute atomic E-state index is 12.7. The third-order valence-electron chi connectivity index (χ3n) is 3.94. The van der Waals surface area contributed by atoms with E-state index in [1.54, 1.807) is 31.5 Å². The van der Waals surface area contributed by atoms with E-state index in [0.29, 0.717) is 21.9 Å². The summed E-state index contributed by atoms with van der Waals surface area (Å²) in [5, 5.41) is 4.61. The summed E-state index contributed by atoms with van der Waals surface area (Å²) in [6.45, 7) is 1.67. The number of rotatable bonds is 7. The van der Waals surface area contributed by atoms with Crippen LogP contribution in [-0.2, 0) is 9.53 Å². The topological polar surface area (TPSA) is 64.6 Å². The lowest BCUT2D eigenvalue weighted by molar-refractivity contribution is -0.122. The molecule has 8 heteroatoms. The van der Waals surface area contributed by atoms with Crippen LogP contribution in [0.1, 0.15) is 16.6 Å². The number of alkyl halides is 2. The molecule has 0 saturated carbocycles. The van der Waals surface area contributed by atoms with Crippen molar-refractivity contribution in [2.75, 3.05) is 31.3 Å². The van der Waals surface area contributed by atoms with Gasteiger partial charge in [0.1, 0.15) is 10.6 Å². The second-order valence-electron chi connectivity index (χ2n) is 5.86. The second kappa shape index (κ2) is 8.75. The number of hydrogen-bond acceptors (Lipinski definition) is 5. The summed E-state index contributed by atoms with van der Waals surface area (Å²) in [7, 11) is 2.88. The van der Waals surface area contributed by atoms with Gasteiger partial charge in [-0.25, -0.2) is 4.79 Å². The third kappa shape index (κ3) is 4.14. The van der Waals surface area contributed by atoms with Crippen molar-refractivity contribution in [1.29, 1.82) is 0 Å². The summed E-state index contributed by atoms with van der Waals surface area (Å²) < 4.78 is 9.99. The molecule has 26 heavy (non-hydrogen) atoms. The molecule has 0 aliphatic carbocycles. The first-order valence-electron chi connectivity index (χ1n) is 7.67. The highest BCUT2D eigenvalue weighted by molar-refractivity contribution is 7.13. The molecule has 1 aromatic heterocycles. The van der Waals surface area contributed by atoms with Crippen LogP contribution >= 0.6 is 34.5 Å². The SMILES string of the molecule is COC(=O)c1scc(-c2ccc(OC)cc2)c1NC(=O)C(C)(CCl)CCl. The molecule has 0 aliphatic rings. The maximum atomic E-state index is 12.7. The van der Waals surface area contributed by atoms with Gasteiger partial charge in [-0.3, -0.25) is 4.79 Å². The van der Waals surface area contributed by atoms with Crippen LogP contribution in [0, 0.1) is 5.41 Å². The van der Waals surface area contributed by atoms with E-state index in [1.165, 1.54) is 18.4 Å². The summed E-state index contributed by atoms with van der Waals surface area (Å²) in [6, 6.07) is 7.30. The summed E-state index contributed by atoms with van der Waals surface area (Å²) in [4.78, 5) is 25.1. The predicted octanol–water partition coefficient (Wildman–Crippen LogP) is 4.63. The Labute approximate surface area is 166 Å². The number of esters is 1. The van der Waals surface area contributed by atoms with Gasteiger partial charge in [-0.05, 0) is 24.6 Å². The zero-order valence-electron chi connectivity index (χ0n) is 14.6. The highest BCUT2D eigenvalue weighted by Crippen LogP contribution is 2.38. The average Bonchev–Trinajstić information content (AvgIpc) is 3.10. The number of halogens is 2. The van der Waals surface area contributed by atoms with Gasteiger partial charge in [0, 0.05) is 22.7 Å². The summed E-state index contributed by atoms with van der Waals surface area (Å²) >= 11 is 13.0.